The van der Waals surface area contributed by atoms with Crippen LogP contribution in [0.25, 0.3) is 27.6 Å². The van der Waals surface area contributed by atoms with E-state index in [0.717, 1.165) is 57.7 Å². The molecule has 0 atom stereocenters. The molecule has 4 heteroatoms. The molecule has 271 valence electrons. The predicted molar refractivity (Wildman–Crippen MR) is 223 cm³/mol. The van der Waals surface area contributed by atoms with Crippen LogP contribution in [0.3, 0.4) is 0 Å². The summed E-state index contributed by atoms with van der Waals surface area (Å²) in [5, 5.41) is 16.3. The van der Waals surface area contributed by atoms with Crippen molar-refractivity contribution in [3.05, 3.63) is 193 Å². The zero-order valence-corrected chi connectivity index (χ0v) is 34.5. The van der Waals surface area contributed by atoms with Crippen molar-refractivity contribution in [2.75, 3.05) is 13.2 Å². The van der Waals surface area contributed by atoms with Gasteiger partial charge >= 0.3 is 26.2 Å². The van der Waals surface area contributed by atoms with Gasteiger partial charge in [0.2, 0.25) is 0 Å². The van der Waals surface area contributed by atoms with E-state index in [1.54, 1.807) is 0 Å². The Balaban J connectivity index is 0.000000418. The number of rotatable bonds is 11. The van der Waals surface area contributed by atoms with E-state index in [1.807, 2.05) is 115 Å². The minimum atomic E-state index is 0. The van der Waals surface area contributed by atoms with Crippen LogP contribution in [0, 0.1) is 13.8 Å². The first-order valence-electron chi connectivity index (χ1n) is 18.4. The second-order valence-electron chi connectivity index (χ2n) is 13.4. The molecule has 0 aliphatic heterocycles. The maximum absolute atomic E-state index is 11.3. The molecule has 6 rings (SSSR count). The van der Waals surface area contributed by atoms with Crippen LogP contribution in [-0.2, 0) is 32.6 Å². The summed E-state index contributed by atoms with van der Waals surface area (Å²) in [6.07, 6.45) is 1.73. The predicted octanol–water partition coefficient (Wildman–Crippen LogP) is 13.7. The monoisotopic (exact) mass is 778 g/mol. The van der Waals surface area contributed by atoms with Crippen LogP contribution < -0.4 is 4.74 Å². The number of ether oxygens (including phenoxy) is 1. The van der Waals surface area contributed by atoms with Gasteiger partial charge in [-0.1, -0.05) is 131 Å². The SMILES string of the molecule is CCc1ccc(OCCC[N-]c2c(C(C)C)cccc2C(C)C)c(-c2cccc(-c3ccccc3)c2O)c1.[CH2-]c1ccccc1.[CH2-]c1ccccc1.[Zr+3]. The van der Waals surface area contributed by atoms with Crippen LogP contribution >= 0.6 is 0 Å². The molecule has 0 aliphatic rings. The van der Waals surface area contributed by atoms with Crippen LogP contribution in [0.15, 0.2) is 146 Å². The van der Waals surface area contributed by atoms with Crippen LogP contribution in [0.2, 0.25) is 0 Å². The van der Waals surface area contributed by atoms with Crippen LogP contribution in [0.1, 0.15) is 80.7 Å². The van der Waals surface area contributed by atoms with Gasteiger partial charge in [0.1, 0.15) is 11.5 Å². The molecule has 0 saturated carbocycles. The third-order valence-corrected chi connectivity index (χ3v) is 8.72. The molecule has 0 bridgehead atoms. The van der Waals surface area contributed by atoms with Crippen molar-refractivity contribution >= 4 is 5.69 Å². The number of aryl methyl sites for hydroxylation is 1. The van der Waals surface area contributed by atoms with Gasteiger partial charge in [-0.25, -0.2) is 0 Å². The van der Waals surface area contributed by atoms with Gasteiger partial charge in [-0.05, 0) is 47.9 Å². The third kappa shape index (κ3) is 13.1. The number of phenols is 1. The average Bonchev–Trinajstić information content (AvgIpc) is 3.16. The Morgan fingerprint density at radius 3 is 1.60 bits per heavy atom. The molecule has 6 aromatic rings. The van der Waals surface area contributed by atoms with Gasteiger partial charge in [-0.15, -0.1) is 36.5 Å². The minimum absolute atomic E-state index is 0. The summed E-state index contributed by atoms with van der Waals surface area (Å²) in [4.78, 5) is 0. The summed E-state index contributed by atoms with van der Waals surface area (Å²) in [5.74, 6) is 1.93. The Labute approximate surface area is 338 Å². The van der Waals surface area contributed by atoms with Crippen molar-refractivity contribution in [2.45, 2.75) is 59.3 Å². The summed E-state index contributed by atoms with van der Waals surface area (Å²) in [6.45, 7) is 19.8. The summed E-state index contributed by atoms with van der Waals surface area (Å²) in [7, 11) is 0. The maximum Gasteiger partial charge on any atom is 3.00 e. The zero-order chi connectivity index (χ0) is 37.3. The molecule has 0 spiro atoms. The zero-order valence-electron chi connectivity index (χ0n) is 32.1. The molecule has 0 unspecified atom stereocenters. The number of phenolic OH excluding ortho intramolecular Hbond substituents is 1. The third-order valence-electron chi connectivity index (χ3n) is 8.72. The number of para-hydroxylation sites is 2. The molecule has 0 saturated heterocycles. The van der Waals surface area contributed by atoms with Gasteiger partial charge in [-0.2, -0.15) is 49.2 Å². The van der Waals surface area contributed by atoms with Gasteiger partial charge in [0.25, 0.3) is 0 Å². The maximum atomic E-state index is 11.3. The van der Waals surface area contributed by atoms with E-state index in [2.05, 4.69) is 78.8 Å². The smallest absolute Gasteiger partial charge is 0.684 e. The molecule has 1 N–H and O–H groups in total. The van der Waals surface area contributed by atoms with E-state index in [9.17, 15) is 5.11 Å². The number of benzene rings is 6. The second kappa shape index (κ2) is 22.4. The number of hydrogen-bond acceptors (Lipinski definition) is 2. The van der Waals surface area contributed by atoms with Crippen molar-refractivity contribution in [3.8, 4) is 33.8 Å². The summed E-state index contributed by atoms with van der Waals surface area (Å²) < 4.78 is 6.31. The molecule has 0 aromatic heterocycles. The van der Waals surface area contributed by atoms with Gasteiger partial charge in [0, 0.05) is 16.7 Å². The van der Waals surface area contributed by atoms with Gasteiger partial charge in [0.15, 0.2) is 0 Å². The Hall–Kier alpha value is -4.66. The molecule has 3 nitrogen and oxygen atoms in total. The summed E-state index contributed by atoms with van der Waals surface area (Å²) in [6, 6.07) is 48.5. The fraction of sp³-hybridized carbons (Fsp3) is 0.224. The number of nitrogens with zero attached hydrogens (tertiary/aromatic N) is 1. The van der Waals surface area contributed by atoms with Gasteiger partial charge in [0.05, 0.1) is 6.61 Å². The molecule has 1 radical (unpaired) electrons. The Morgan fingerprint density at radius 1 is 0.604 bits per heavy atom. The fourth-order valence-corrected chi connectivity index (χ4v) is 5.83. The van der Waals surface area contributed by atoms with Crippen molar-refractivity contribution in [2.24, 2.45) is 0 Å². The number of aromatic hydroxyl groups is 1. The van der Waals surface area contributed by atoms with E-state index < -0.39 is 0 Å². The fourth-order valence-electron chi connectivity index (χ4n) is 5.83. The van der Waals surface area contributed by atoms with Crippen molar-refractivity contribution in [3.63, 3.8) is 0 Å². The van der Waals surface area contributed by atoms with Gasteiger partial charge < -0.3 is 15.2 Å². The Bertz CT molecular complexity index is 1860. The topological polar surface area (TPSA) is 43.6 Å². The quantitative estimate of drug-likeness (QED) is 0.105. The van der Waals surface area contributed by atoms with E-state index in [0.29, 0.717) is 25.0 Å². The molecule has 0 aliphatic carbocycles. The molecular formula is C49H54NO2Zr. The largest absolute Gasteiger partial charge is 3.00 e. The van der Waals surface area contributed by atoms with E-state index in [-0.39, 0.29) is 32.0 Å². The van der Waals surface area contributed by atoms with E-state index in [1.165, 1.54) is 16.7 Å². The first-order valence-corrected chi connectivity index (χ1v) is 18.4. The molecule has 0 heterocycles. The first kappa shape index (κ1) is 42.8. The first-order chi connectivity index (χ1) is 25.2. The van der Waals surface area contributed by atoms with E-state index in [4.69, 9.17) is 10.1 Å². The molecule has 53 heavy (non-hydrogen) atoms. The van der Waals surface area contributed by atoms with Crippen molar-refractivity contribution in [1.82, 2.24) is 0 Å². The molecular weight excluding hydrogens is 726 g/mol. The van der Waals surface area contributed by atoms with Crippen molar-refractivity contribution < 1.29 is 36.0 Å². The Kier molecular flexibility index (Phi) is 18.1. The average molecular weight is 780 g/mol. The van der Waals surface area contributed by atoms with Crippen molar-refractivity contribution in [1.29, 1.82) is 0 Å². The van der Waals surface area contributed by atoms with Crippen LogP contribution in [0.5, 0.6) is 11.5 Å². The van der Waals surface area contributed by atoms with Crippen LogP contribution in [0.4, 0.5) is 5.69 Å². The Morgan fingerprint density at radius 2 is 1.11 bits per heavy atom. The molecule has 0 fully saturated rings. The standard InChI is InChI=1S/C35H40NO2.2C7H7.Zr/c1-6-26-19-20-33(32(23-26)31-18-11-17-30(35(31)37)27-13-8-7-9-14-27)38-22-12-21-36-34-28(24(2)3)15-10-16-29(34)25(4)5;2*1-7-5-3-2-4-6-7;/h7-11,13-20,23-25,37H,6,12,21-22H2,1-5H3;2*2-6H,1H2;/q3*-1;+3. The van der Waals surface area contributed by atoms with E-state index >= 15 is 0 Å². The normalized spacial score (nSPS) is 10.3. The summed E-state index contributed by atoms with van der Waals surface area (Å²) >= 11 is 0. The second-order valence-corrected chi connectivity index (χ2v) is 13.4. The molecule has 6 aromatic carbocycles. The minimum Gasteiger partial charge on any atom is -0.684 e. The summed E-state index contributed by atoms with van der Waals surface area (Å²) in [5.41, 5.74) is 10.6. The van der Waals surface area contributed by atoms with Gasteiger partial charge in [-0.3, -0.25) is 0 Å². The number of hydrogen-bond donors (Lipinski definition) is 1. The van der Waals surface area contributed by atoms with Crippen LogP contribution in [-0.4, -0.2) is 18.3 Å². The molecule has 0 amide bonds.